The van der Waals surface area contributed by atoms with E-state index < -0.39 is 0 Å². The Labute approximate surface area is 322 Å². The minimum Gasteiger partial charge on any atom is -0.456 e. The van der Waals surface area contributed by atoms with Crippen molar-refractivity contribution in [3.8, 4) is 67.5 Å². The Morgan fingerprint density at radius 1 is 0.286 bits per heavy atom. The summed E-state index contributed by atoms with van der Waals surface area (Å²) < 4.78 is 13.1. The van der Waals surface area contributed by atoms with Crippen molar-refractivity contribution in [2.75, 3.05) is 0 Å². The highest BCUT2D eigenvalue weighted by Crippen LogP contribution is 2.43. The first-order valence-electron chi connectivity index (χ1n) is 18.7. The molecule has 0 spiro atoms. The second kappa shape index (κ2) is 13.0. The second-order valence-electron chi connectivity index (χ2n) is 14.0. The zero-order valence-corrected chi connectivity index (χ0v) is 30.1. The van der Waals surface area contributed by atoms with Gasteiger partial charge in [0.25, 0.3) is 0 Å². The number of rotatable bonds is 6. The molecule has 0 N–H and O–H groups in total. The third-order valence-electron chi connectivity index (χ3n) is 10.5. The van der Waals surface area contributed by atoms with Crippen molar-refractivity contribution in [2.45, 2.75) is 0 Å². The summed E-state index contributed by atoms with van der Waals surface area (Å²) >= 11 is 0. The number of fused-ring (bicyclic) bond motifs is 6. The highest BCUT2D eigenvalue weighted by Gasteiger charge is 2.22. The molecule has 0 unspecified atom stereocenters. The molecule has 8 aromatic carbocycles. The molecule has 0 saturated heterocycles. The van der Waals surface area contributed by atoms with Gasteiger partial charge in [0.1, 0.15) is 22.3 Å². The first-order chi connectivity index (χ1) is 27.7. The lowest BCUT2D eigenvalue weighted by Crippen LogP contribution is -2.01. The summed E-state index contributed by atoms with van der Waals surface area (Å²) in [5.74, 6) is 1.69. The number of hydrogen-bond acceptors (Lipinski definition) is 5. The van der Waals surface area contributed by atoms with E-state index in [0.717, 1.165) is 88.4 Å². The smallest absolute Gasteiger partial charge is 0.167 e. The van der Waals surface area contributed by atoms with Crippen LogP contribution in [0.25, 0.3) is 111 Å². The number of aromatic nitrogens is 3. The van der Waals surface area contributed by atoms with E-state index in [0.29, 0.717) is 23.1 Å². The molecule has 0 saturated carbocycles. The van der Waals surface area contributed by atoms with Gasteiger partial charge in [-0.1, -0.05) is 140 Å². The van der Waals surface area contributed by atoms with Crippen LogP contribution in [0.5, 0.6) is 0 Å². The van der Waals surface area contributed by atoms with E-state index >= 15 is 0 Å². The van der Waals surface area contributed by atoms with E-state index in [-0.39, 0.29) is 0 Å². The van der Waals surface area contributed by atoms with E-state index in [1.54, 1.807) is 0 Å². The highest BCUT2D eigenvalue weighted by atomic mass is 16.3. The fourth-order valence-corrected chi connectivity index (χ4v) is 7.83. The molecule has 11 rings (SSSR count). The average Bonchev–Trinajstić information content (AvgIpc) is 3.85. The summed E-state index contributed by atoms with van der Waals surface area (Å²) in [6.45, 7) is 0. The Morgan fingerprint density at radius 3 is 1.46 bits per heavy atom. The minimum absolute atomic E-state index is 0.531. The number of furan rings is 2. The molecule has 3 aromatic heterocycles. The van der Waals surface area contributed by atoms with Crippen molar-refractivity contribution in [1.82, 2.24) is 15.0 Å². The largest absolute Gasteiger partial charge is 0.456 e. The van der Waals surface area contributed by atoms with Gasteiger partial charge in [-0.3, -0.25) is 0 Å². The molecule has 3 heterocycles. The lowest BCUT2D eigenvalue weighted by atomic mass is 9.95. The van der Waals surface area contributed by atoms with Gasteiger partial charge in [-0.2, -0.15) is 0 Å². The molecular weight excluding hydrogens is 687 g/mol. The Morgan fingerprint density at radius 2 is 0.786 bits per heavy atom. The predicted octanol–water partition coefficient (Wildman–Crippen LogP) is 13.7. The molecule has 0 aliphatic rings. The maximum Gasteiger partial charge on any atom is 0.167 e. The van der Waals surface area contributed by atoms with Gasteiger partial charge < -0.3 is 8.83 Å². The van der Waals surface area contributed by atoms with Gasteiger partial charge in [0.2, 0.25) is 0 Å². The molecule has 0 bridgehead atoms. The summed E-state index contributed by atoms with van der Waals surface area (Å²) in [5, 5.41) is 4.21. The van der Waals surface area contributed by atoms with Crippen LogP contribution in [-0.2, 0) is 0 Å². The van der Waals surface area contributed by atoms with Crippen molar-refractivity contribution in [1.29, 1.82) is 0 Å². The van der Waals surface area contributed by atoms with E-state index in [1.807, 2.05) is 72.8 Å². The zero-order valence-electron chi connectivity index (χ0n) is 30.1. The summed E-state index contributed by atoms with van der Waals surface area (Å²) in [6, 6.07) is 64.5. The van der Waals surface area contributed by atoms with Crippen LogP contribution in [0.3, 0.4) is 0 Å². The average molecular weight is 718 g/mol. The lowest BCUT2D eigenvalue weighted by molar-refractivity contribution is 0.668. The monoisotopic (exact) mass is 717 g/mol. The lowest BCUT2D eigenvalue weighted by Gasteiger charge is -2.13. The van der Waals surface area contributed by atoms with Crippen LogP contribution in [0.1, 0.15) is 0 Å². The molecule has 0 aliphatic carbocycles. The van der Waals surface area contributed by atoms with Gasteiger partial charge in [0.05, 0.1) is 5.56 Å². The third-order valence-corrected chi connectivity index (χ3v) is 10.5. The molecule has 5 heteroatoms. The molecule has 0 atom stereocenters. The number of para-hydroxylation sites is 2. The summed E-state index contributed by atoms with van der Waals surface area (Å²) in [6.07, 6.45) is 0. The van der Waals surface area contributed by atoms with Crippen LogP contribution in [0.2, 0.25) is 0 Å². The SMILES string of the molecule is c1ccc(-c2cc(-c3ccccc3)cc(-c3nc(-c4ccccc4)nc(-c4ccc(-c5ccc6c(c5)oc5ccccc56)c5c4oc4ccccc45)n3)c2)cc1. The van der Waals surface area contributed by atoms with Gasteiger partial charge in [-0.05, 0) is 81.9 Å². The van der Waals surface area contributed by atoms with Crippen LogP contribution in [-0.4, -0.2) is 15.0 Å². The summed E-state index contributed by atoms with van der Waals surface area (Å²) in [4.78, 5) is 15.6. The first kappa shape index (κ1) is 31.9. The van der Waals surface area contributed by atoms with Crippen molar-refractivity contribution in [3.05, 3.63) is 188 Å². The molecule has 5 nitrogen and oxygen atoms in total. The maximum atomic E-state index is 6.76. The Hall–Kier alpha value is -7.63. The fourth-order valence-electron chi connectivity index (χ4n) is 7.83. The van der Waals surface area contributed by atoms with Gasteiger partial charge in [-0.15, -0.1) is 0 Å². The van der Waals surface area contributed by atoms with Crippen molar-refractivity contribution in [2.24, 2.45) is 0 Å². The Bertz CT molecular complexity index is 3180. The standard InChI is InChI=1S/C51H31N3O2/c1-4-14-32(15-5-1)36-28-37(33-16-6-2-7-17-33)30-38(29-36)50-52-49(34-18-8-3-9-19-34)53-51(54-50)43-27-26-39(47-42-21-11-13-23-45(42)56-48(43)47)35-24-25-41-40-20-10-12-22-44(40)55-46(41)31-35/h1-31H. The van der Waals surface area contributed by atoms with Crippen LogP contribution in [0.4, 0.5) is 0 Å². The first-order valence-corrected chi connectivity index (χ1v) is 18.7. The molecular formula is C51H31N3O2. The fraction of sp³-hybridized carbons (Fsp3) is 0. The summed E-state index contributed by atoms with van der Waals surface area (Å²) in [7, 11) is 0. The van der Waals surface area contributed by atoms with E-state index in [2.05, 4.69) is 115 Å². The number of nitrogens with zero attached hydrogens (tertiary/aromatic N) is 3. The van der Waals surface area contributed by atoms with E-state index in [4.69, 9.17) is 23.8 Å². The molecule has 0 aliphatic heterocycles. The van der Waals surface area contributed by atoms with Crippen LogP contribution >= 0.6 is 0 Å². The molecule has 0 fully saturated rings. The van der Waals surface area contributed by atoms with Gasteiger partial charge in [-0.25, -0.2) is 15.0 Å². The Kier molecular flexibility index (Phi) is 7.42. The highest BCUT2D eigenvalue weighted by molar-refractivity contribution is 6.16. The van der Waals surface area contributed by atoms with Crippen LogP contribution in [0.15, 0.2) is 197 Å². The second-order valence-corrected chi connectivity index (χ2v) is 14.0. The maximum absolute atomic E-state index is 6.76. The van der Waals surface area contributed by atoms with Crippen molar-refractivity contribution >= 4 is 43.9 Å². The molecule has 0 amide bonds. The molecule has 11 aromatic rings. The van der Waals surface area contributed by atoms with Crippen LogP contribution in [0, 0.1) is 0 Å². The third kappa shape index (κ3) is 5.45. The molecule has 0 radical (unpaired) electrons. The zero-order chi connectivity index (χ0) is 37.0. The quantitative estimate of drug-likeness (QED) is 0.171. The van der Waals surface area contributed by atoms with Gasteiger partial charge in [0.15, 0.2) is 17.5 Å². The number of benzene rings is 8. The topological polar surface area (TPSA) is 65.0 Å². The van der Waals surface area contributed by atoms with Crippen molar-refractivity contribution in [3.63, 3.8) is 0 Å². The normalized spacial score (nSPS) is 11.6. The predicted molar refractivity (Wildman–Crippen MR) is 227 cm³/mol. The van der Waals surface area contributed by atoms with E-state index in [1.165, 1.54) is 0 Å². The Balaban J connectivity index is 1.14. The van der Waals surface area contributed by atoms with E-state index in [9.17, 15) is 0 Å². The van der Waals surface area contributed by atoms with Crippen molar-refractivity contribution < 1.29 is 8.83 Å². The summed E-state index contributed by atoms with van der Waals surface area (Å²) in [5.41, 5.74) is 12.3. The van der Waals surface area contributed by atoms with Crippen LogP contribution < -0.4 is 0 Å². The minimum atomic E-state index is 0.531. The molecule has 56 heavy (non-hydrogen) atoms. The van der Waals surface area contributed by atoms with Gasteiger partial charge >= 0.3 is 0 Å². The van der Waals surface area contributed by atoms with Gasteiger partial charge in [0, 0.05) is 32.7 Å². The molecule has 262 valence electrons. The number of hydrogen-bond donors (Lipinski definition) is 0.